The lowest BCUT2D eigenvalue weighted by molar-refractivity contribution is -0.147. The van der Waals surface area contributed by atoms with E-state index < -0.39 is 17.9 Å². The average molecular weight is 336 g/mol. The standard InChI is InChI=1S/C17H20O7/c1-10(18)2-8-16(21)23-13-5-3-12-11(13)4-6-14(12)24-17(22)9-7-15(19)20/h2,7-9,11-14,18H,1,3-6H2,(H,19,20)/b8-2-,9-7-/t11-,12-,13-,14-/m0/s1. The number of esters is 2. The highest BCUT2D eigenvalue weighted by molar-refractivity contribution is 5.90. The monoisotopic (exact) mass is 336 g/mol. The van der Waals surface area contributed by atoms with Crippen molar-refractivity contribution >= 4 is 17.9 Å². The molecule has 2 N–H and O–H groups in total. The molecule has 0 radical (unpaired) electrons. The predicted molar refractivity (Wildman–Crippen MR) is 82.9 cm³/mol. The first-order valence-corrected chi connectivity index (χ1v) is 7.75. The molecule has 0 amide bonds. The summed E-state index contributed by atoms with van der Waals surface area (Å²) in [6.45, 7) is 3.25. The van der Waals surface area contributed by atoms with E-state index in [-0.39, 0.29) is 29.8 Å². The highest BCUT2D eigenvalue weighted by Gasteiger charge is 2.47. The topological polar surface area (TPSA) is 110 Å². The van der Waals surface area contributed by atoms with E-state index in [9.17, 15) is 14.4 Å². The van der Waals surface area contributed by atoms with Gasteiger partial charge in [0.1, 0.15) is 18.0 Å². The molecule has 0 heterocycles. The van der Waals surface area contributed by atoms with Crippen molar-refractivity contribution in [1.82, 2.24) is 0 Å². The van der Waals surface area contributed by atoms with Gasteiger partial charge in [-0.1, -0.05) is 6.58 Å². The van der Waals surface area contributed by atoms with E-state index in [1.807, 2.05) is 0 Å². The summed E-state index contributed by atoms with van der Waals surface area (Å²) in [6, 6.07) is 0. The lowest BCUT2D eigenvalue weighted by atomic mass is 9.98. The van der Waals surface area contributed by atoms with Gasteiger partial charge in [-0.05, 0) is 31.8 Å². The molecule has 24 heavy (non-hydrogen) atoms. The minimum absolute atomic E-state index is 0.113. The fourth-order valence-corrected chi connectivity index (χ4v) is 3.47. The zero-order valence-electron chi connectivity index (χ0n) is 13.1. The number of carbonyl (C=O) groups excluding carboxylic acids is 2. The van der Waals surface area contributed by atoms with Gasteiger partial charge in [0.25, 0.3) is 0 Å². The molecule has 130 valence electrons. The minimum atomic E-state index is -1.21. The number of aliphatic hydroxyl groups is 1. The van der Waals surface area contributed by atoms with Crippen LogP contribution in [0.25, 0.3) is 0 Å². The summed E-state index contributed by atoms with van der Waals surface area (Å²) in [5.41, 5.74) is 0. The molecule has 2 fully saturated rings. The van der Waals surface area contributed by atoms with Gasteiger partial charge in [-0.2, -0.15) is 0 Å². The fourth-order valence-electron chi connectivity index (χ4n) is 3.47. The van der Waals surface area contributed by atoms with Gasteiger partial charge in [-0.15, -0.1) is 0 Å². The van der Waals surface area contributed by atoms with Crippen LogP contribution in [0.15, 0.2) is 36.6 Å². The van der Waals surface area contributed by atoms with Crippen LogP contribution >= 0.6 is 0 Å². The lowest BCUT2D eigenvalue weighted by Crippen LogP contribution is -2.25. The van der Waals surface area contributed by atoms with Crippen LogP contribution in [0.1, 0.15) is 25.7 Å². The van der Waals surface area contributed by atoms with E-state index in [2.05, 4.69) is 6.58 Å². The van der Waals surface area contributed by atoms with Crippen molar-refractivity contribution in [2.45, 2.75) is 37.9 Å². The van der Waals surface area contributed by atoms with Gasteiger partial charge in [0.2, 0.25) is 0 Å². The van der Waals surface area contributed by atoms with Gasteiger partial charge in [0.15, 0.2) is 0 Å². The van der Waals surface area contributed by atoms with Gasteiger partial charge < -0.3 is 19.7 Å². The number of hydrogen-bond acceptors (Lipinski definition) is 6. The summed E-state index contributed by atoms with van der Waals surface area (Å²) in [5.74, 6) is -2.41. The van der Waals surface area contributed by atoms with Crippen molar-refractivity contribution < 1.29 is 34.1 Å². The van der Waals surface area contributed by atoms with Crippen LogP contribution in [-0.4, -0.2) is 40.3 Å². The molecule has 0 aromatic carbocycles. The van der Waals surface area contributed by atoms with Crippen molar-refractivity contribution in [3.63, 3.8) is 0 Å². The molecule has 0 aromatic heterocycles. The highest BCUT2D eigenvalue weighted by atomic mass is 16.6. The first-order valence-electron chi connectivity index (χ1n) is 7.75. The number of carboxylic acids is 1. The summed E-state index contributed by atoms with van der Waals surface area (Å²) in [7, 11) is 0. The van der Waals surface area contributed by atoms with Crippen LogP contribution in [-0.2, 0) is 23.9 Å². The van der Waals surface area contributed by atoms with Crippen molar-refractivity contribution in [2.24, 2.45) is 11.8 Å². The molecule has 0 aliphatic heterocycles. The number of carboxylic acid groups (broad SMARTS) is 1. The Hall–Kier alpha value is -2.57. The number of fused-ring (bicyclic) bond motifs is 1. The van der Waals surface area contributed by atoms with Crippen LogP contribution in [0.2, 0.25) is 0 Å². The third-order valence-corrected chi connectivity index (χ3v) is 4.38. The van der Waals surface area contributed by atoms with E-state index in [0.29, 0.717) is 12.8 Å². The SMILES string of the molecule is C=C(O)/C=C\C(=O)O[C@H]1CC[C@H]2[C@@H]1CC[C@@H]2OC(=O)/C=C\C(=O)O. The van der Waals surface area contributed by atoms with Gasteiger partial charge >= 0.3 is 17.9 Å². The maximum Gasteiger partial charge on any atom is 0.331 e. The smallest absolute Gasteiger partial charge is 0.331 e. The number of aliphatic carboxylic acids is 1. The van der Waals surface area contributed by atoms with Crippen LogP contribution in [0, 0.1) is 11.8 Å². The molecular weight excluding hydrogens is 316 g/mol. The van der Waals surface area contributed by atoms with Crippen molar-refractivity contribution in [3.05, 3.63) is 36.6 Å². The Bertz CT molecular complexity index is 538. The summed E-state index contributed by atoms with van der Waals surface area (Å²) in [5, 5.41) is 17.4. The Balaban J connectivity index is 1.87. The lowest BCUT2D eigenvalue weighted by Gasteiger charge is -2.20. The molecule has 0 aromatic rings. The normalized spacial score (nSPS) is 28.8. The number of allylic oxidation sites excluding steroid dienone is 1. The zero-order chi connectivity index (χ0) is 17.7. The van der Waals surface area contributed by atoms with E-state index >= 15 is 0 Å². The quantitative estimate of drug-likeness (QED) is 0.330. The van der Waals surface area contributed by atoms with Crippen molar-refractivity contribution in [1.29, 1.82) is 0 Å². The number of ether oxygens (including phenoxy) is 2. The molecule has 2 aliphatic rings. The summed E-state index contributed by atoms with van der Waals surface area (Å²) < 4.78 is 10.7. The zero-order valence-corrected chi connectivity index (χ0v) is 13.1. The molecule has 0 saturated heterocycles. The molecule has 0 unspecified atom stereocenters. The Morgan fingerprint density at radius 2 is 1.25 bits per heavy atom. The van der Waals surface area contributed by atoms with Crippen LogP contribution in [0.3, 0.4) is 0 Å². The first kappa shape index (κ1) is 17.8. The molecule has 2 rings (SSSR count). The van der Waals surface area contributed by atoms with Gasteiger partial charge in [-0.3, -0.25) is 0 Å². The number of hydrogen-bond donors (Lipinski definition) is 2. The predicted octanol–water partition coefficient (Wildman–Crippen LogP) is 1.90. The van der Waals surface area contributed by atoms with E-state index in [1.54, 1.807) is 0 Å². The average Bonchev–Trinajstić information content (AvgIpc) is 3.07. The van der Waals surface area contributed by atoms with E-state index in [4.69, 9.17) is 19.7 Å². The molecule has 2 aliphatic carbocycles. The second-order valence-corrected chi connectivity index (χ2v) is 5.93. The van der Waals surface area contributed by atoms with Crippen LogP contribution < -0.4 is 0 Å². The van der Waals surface area contributed by atoms with E-state index in [1.165, 1.54) is 6.08 Å². The van der Waals surface area contributed by atoms with E-state index in [0.717, 1.165) is 31.1 Å². The van der Waals surface area contributed by atoms with Crippen LogP contribution in [0.5, 0.6) is 0 Å². The summed E-state index contributed by atoms with van der Waals surface area (Å²) in [4.78, 5) is 33.7. The van der Waals surface area contributed by atoms with Crippen molar-refractivity contribution in [2.75, 3.05) is 0 Å². The Morgan fingerprint density at radius 1 is 0.792 bits per heavy atom. The van der Waals surface area contributed by atoms with Gasteiger partial charge in [0, 0.05) is 30.1 Å². The molecule has 0 bridgehead atoms. The molecule has 0 spiro atoms. The van der Waals surface area contributed by atoms with Crippen molar-refractivity contribution in [3.8, 4) is 0 Å². The first-order chi connectivity index (χ1) is 11.4. The number of rotatable bonds is 6. The Kier molecular flexibility index (Phi) is 5.78. The summed E-state index contributed by atoms with van der Waals surface area (Å²) in [6.07, 6.45) is 6.33. The number of carbonyl (C=O) groups is 3. The van der Waals surface area contributed by atoms with Crippen LogP contribution in [0.4, 0.5) is 0 Å². The number of aliphatic hydroxyl groups excluding tert-OH is 1. The second kappa shape index (κ2) is 7.81. The molecule has 2 saturated carbocycles. The summed E-state index contributed by atoms with van der Waals surface area (Å²) >= 11 is 0. The maximum absolute atomic E-state index is 11.7. The molecule has 4 atom stereocenters. The molecule has 7 heteroatoms. The Labute approximate surface area is 139 Å². The fraction of sp³-hybridized carbons (Fsp3) is 0.471. The van der Waals surface area contributed by atoms with Gasteiger partial charge in [-0.25, -0.2) is 14.4 Å². The third-order valence-electron chi connectivity index (χ3n) is 4.38. The molecule has 7 nitrogen and oxygen atoms in total. The highest BCUT2D eigenvalue weighted by Crippen LogP contribution is 2.46. The maximum atomic E-state index is 11.7. The van der Waals surface area contributed by atoms with Gasteiger partial charge in [0.05, 0.1) is 0 Å². The largest absolute Gasteiger partial charge is 0.509 e. The second-order valence-electron chi connectivity index (χ2n) is 5.93. The molecular formula is C17H20O7. The Morgan fingerprint density at radius 3 is 1.67 bits per heavy atom. The third kappa shape index (κ3) is 4.71. The minimum Gasteiger partial charge on any atom is -0.509 e.